The fraction of sp³-hybridized carbons (Fsp3) is 0.538. The van der Waals surface area contributed by atoms with E-state index in [0.29, 0.717) is 13.0 Å². The standard InChI is InChI=1S/C13H20ClNO2S/c1-3-18(16,17)10-4-9-15-11(2)12-5-7-13(14)8-6-12/h5-8,11,15H,3-4,9-10H2,1-2H3/t11-/m1/s1. The second kappa shape index (κ2) is 7.12. The Kier molecular flexibility index (Phi) is 6.12. The average Bonchev–Trinajstić information content (AvgIpc) is 2.35. The van der Waals surface area contributed by atoms with E-state index in [-0.39, 0.29) is 17.5 Å². The van der Waals surface area contributed by atoms with Gasteiger partial charge in [0, 0.05) is 16.8 Å². The molecule has 1 N–H and O–H groups in total. The van der Waals surface area contributed by atoms with E-state index < -0.39 is 9.84 Å². The Labute approximate surface area is 114 Å². The highest BCUT2D eigenvalue weighted by Crippen LogP contribution is 2.15. The lowest BCUT2D eigenvalue weighted by Gasteiger charge is -2.14. The average molecular weight is 290 g/mol. The molecule has 0 amide bonds. The Balaban J connectivity index is 2.34. The van der Waals surface area contributed by atoms with Gasteiger partial charge < -0.3 is 5.32 Å². The van der Waals surface area contributed by atoms with E-state index in [1.807, 2.05) is 24.3 Å². The van der Waals surface area contributed by atoms with Crippen molar-refractivity contribution >= 4 is 21.4 Å². The van der Waals surface area contributed by atoms with Crippen molar-refractivity contribution in [3.63, 3.8) is 0 Å². The molecule has 1 aromatic carbocycles. The SMILES string of the molecule is CCS(=O)(=O)CCCN[C@H](C)c1ccc(Cl)cc1. The van der Waals surface area contributed by atoms with Gasteiger partial charge >= 0.3 is 0 Å². The van der Waals surface area contributed by atoms with Gasteiger partial charge in [0.15, 0.2) is 0 Å². The van der Waals surface area contributed by atoms with Gasteiger partial charge in [-0.1, -0.05) is 30.7 Å². The molecule has 0 radical (unpaired) electrons. The third-order valence-corrected chi connectivity index (χ3v) is 4.93. The highest BCUT2D eigenvalue weighted by atomic mass is 35.5. The van der Waals surface area contributed by atoms with Gasteiger partial charge in [-0.2, -0.15) is 0 Å². The third-order valence-electron chi connectivity index (χ3n) is 2.89. The van der Waals surface area contributed by atoms with Crippen LogP contribution in [0.15, 0.2) is 24.3 Å². The Morgan fingerprint density at radius 2 is 1.89 bits per heavy atom. The second-order valence-corrected chi connectivity index (χ2v) is 7.23. The molecule has 1 aromatic rings. The maximum Gasteiger partial charge on any atom is 0.150 e. The molecule has 0 bridgehead atoms. The molecular formula is C13H20ClNO2S. The molecular weight excluding hydrogens is 270 g/mol. The second-order valence-electron chi connectivity index (χ2n) is 4.32. The number of rotatable bonds is 7. The summed E-state index contributed by atoms with van der Waals surface area (Å²) in [4.78, 5) is 0. The van der Waals surface area contributed by atoms with Gasteiger partial charge in [-0.05, 0) is 37.6 Å². The van der Waals surface area contributed by atoms with Crippen LogP contribution in [0.25, 0.3) is 0 Å². The molecule has 0 fully saturated rings. The topological polar surface area (TPSA) is 46.2 Å². The number of nitrogens with one attached hydrogen (secondary N) is 1. The first-order valence-electron chi connectivity index (χ1n) is 6.14. The highest BCUT2D eigenvalue weighted by molar-refractivity contribution is 7.91. The van der Waals surface area contributed by atoms with Gasteiger partial charge in [-0.3, -0.25) is 0 Å². The largest absolute Gasteiger partial charge is 0.310 e. The first-order chi connectivity index (χ1) is 8.44. The first-order valence-corrected chi connectivity index (χ1v) is 8.34. The van der Waals surface area contributed by atoms with Crippen LogP contribution in [0.2, 0.25) is 5.02 Å². The molecule has 0 saturated heterocycles. The van der Waals surface area contributed by atoms with E-state index in [2.05, 4.69) is 12.2 Å². The van der Waals surface area contributed by atoms with E-state index in [9.17, 15) is 8.42 Å². The van der Waals surface area contributed by atoms with Gasteiger partial charge in [0.2, 0.25) is 0 Å². The zero-order valence-electron chi connectivity index (χ0n) is 10.8. The van der Waals surface area contributed by atoms with Gasteiger partial charge in [0.25, 0.3) is 0 Å². The lowest BCUT2D eigenvalue weighted by atomic mass is 10.1. The van der Waals surface area contributed by atoms with E-state index >= 15 is 0 Å². The zero-order valence-corrected chi connectivity index (χ0v) is 12.4. The minimum atomic E-state index is -2.85. The maximum atomic E-state index is 11.3. The summed E-state index contributed by atoms with van der Waals surface area (Å²) in [7, 11) is -2.85. The van der Waals surface area contributed by atoms with Crippen LogP contribution in [-0.4, -0.2) is 26.5 Å². The minimum absolute atomic E-state index is 0.201. The summed E-state index contributed by atoms with van der Waals surface area (Å²) in [5.74, 6) is 0.476. The summed E-state index contributed by atoms with van der Waals surface area (Å²) < 4.78 is 22.6. The first kappa shape index (κ1) is 15.5. The molecule has 3 nitrogen and oxygen atoms in total. The lowest BCUT2D eigenvalue weighted by Crippen LogP contribution is -2.22. The normalized spacial score (nSPS) is 13.5. The molecule has 1 atom stereocenters. The highest BCUT2D eigenvalue weighted by Gasteiger charge is 2.08. The molecule has 1 rings (SSSR count). The van der Waals surface area contributed by atoms with Crippen LogP contribution >= 0.6 is 11.6 Å². The molecule has 18 heavy (non-hydrogen) atoms. The van der Waals surface area contributed by atoms with Crippen LogP contribution in [-0.2, 0) is 9.84 Å². The Morgan fingerprint density at radius 1 is 1.28 bits per heavy atom. The Morgan fingerprint density at radius 3 is 2.44 bits per heavy atom. The maximum absolute atomic E-state index is 11.3. The lowest BCUT2D eigenvalue weighted by molar-refractivity contribution is 0.560. The van der Waals surface area contributed by atoms with E-state index in [4.69, 9.17) is 11.6 Å². The summed E-state index contributed by atoms with van der Waals surface area (Å²) in [5, 5.41) is 4.03. The van der Waals surface area contributed by atoms with E-state index in [1.165, 1.54) is 0 Å². The molecule has 0 spiro atoms. The molecule has 5 heteroatoms. The van der Waals surface area contributed by atoms with Crippen LogP contribution in [0.1, 0.15) is 31.9 Å². The quantitative estimate of drug-likeness (QED) is 0.785. The molecule has 0 aliphatic heterocycles. The van der Waals surface area contributed by atoms with Crippen molar-refractivity contribution in [1.29, 1.82) is 0 Å². The molecule has 0 aliphatic rings. The molecule has 0 aliphatic carbocycles. The van der Waals surface area contributed by atoms with Gasteiger partial charge in [0.05, 0.1) is 5.75 Å². The monoisotopic (exact) mass is 289 g/mol. The molecule has 0 heterocycles. The van der Waals surface area contributed by atoms with Crippen molar-refractivity contribution in [1.82, 2.24) is 5.32 Å². The number of hydrogen-bond donors (Lipinski definition) is 1. The Hall–Kier alpha value is -0.580. The number of benzene rings is 1. The summed E-state index contributed by atoms with van der Waals surface area (Å²) in [5.41, 5.74) is 1.15. The third kappa shape index (κ3) is 5.38. The minimum Gasteiger partial charge on any atom is -0.310 e. The summed E-state index contributed by atoms with van der Waals surface area (Å²) in [6.45, 7) is 4.43. The Bertz CT molecular complexity index is 456. The molecule has 0 saturated carbocycles. The van der Waals surface area contributed by atoms with Gasteiger partial charge in [-0.15, -0.1) is 0 Å². The smallest absolute Gasteiger partial charge is 0.150 e. The predicted molar refractivity (Wildman–Crippen MR) is 76.8 cm³/mol. The van der Waals surface area contributed by atoms with E-state index in [1.54, 1.807) is 6.92 Å². The van der Waals surface area contributed by atoms with Crippen molar-refractivity contribution < 1.29 is 8.42 Å². The predicted octanol–water partition coefficient (Wildman–Crippen LogP) is 2.82. The van der Waals surface area contributed by atoms with Gasteiger partial charge in [-0.25, -0.2) is 8.42 Å². The van der Waals surface area contributed by atoms with Crippen LogP contribution in [0, 0.1) is 0 Å². The van der Waals surface area contributed by atoms with Crippen LogP contribution in [0.5, 0.6) is 0 Å². The van der Waals surface area contributed by atoms with Crippen LogP contribution in [0.3, 0.4) is 0 Å². The molecule has 0 aromatic heterocycles. The summed E-state index contributed by atoms with van der Waals surface area (Å²) in [6.07, 6.45) is 0.647. The van der Waals surface area contributed by atoms with Gasteiger partial charge in [0.1, 0.15) is 9.84 Å². The fourth-order valence-corrected chi connectivity index (χ4v) is 2.62. The van der Waals surface area contributed by atoms with Crippen LogP contribution < -0.4 is 5.32 Å². The number of sulfone groups is 1. The van der Waals surface area contributed by atoms with E-state index in [0.717, 1.165) is 10.6 Å². The van der Waals surface area contributed by atoms with Crippen molar-refractivity contribution in [2.75, 3.05) is 18.1 Å². The number of hydrogen-bond acceptors (Lipinski definition) is 3. The van der Waals surface area contributed by atoms with Crippen molar-refractivity contribution in [3.8, 4) is 0 Å². The fourth-order valence-electron chi connectivity index (χ4n) is 1.62. The number of halogens is 1. The van der Waals surface area contributed by atoms with Crippen molar-refractivity contribution in [3.05, 3.63) is 34.9 Å². The molecule has 0 unspecified atom stereocenters. The zero-order chi connectivity index (χ0) is 13.6. The molecule has 102 valence electrons. The summed E-state index contributed by atoms with van der Waals surface area (Å²) >= 11 is 5.82. The van der Waals surface area contributed by atoms with Crippen molar-refractivity contribution in [2.24, 2.45) is 0 Å². The van der Waals surface area contributed by atoms with Crippen LogP contribution in [0.4, 0.5) is 0 Å². The summed E-state index contributed by atoms with van der Waals surface area (Å²) in [6, 6.07) is 7.87. The van der Waals surface area contributed by atoms with Crippen molar-refractivity contribution in [2.45, 2.75) is 26.3 Å².